The number of para-hydroxylation sites is 1. The van der Waals surface area contributed by atoms with E-state index in [4.69, 9.17) is 0 Å². The normalized spacial score (nSPS) is 18.5. The van der Waals surface area contributed by atoms with Crippen LogP contribution in [0.15, 0.2) is 30.5 Å². The number of fused-ring (bicyclic) bond motifs is 1. The highest BCUT2D eigenvalue weighted by Crippen LogP contribution is 2.19. The Labute approximate surface area is 185 Å². The van der Waals surface area contributed by atoms with Crippen LogP contribution in [0.2, 0.25) is 0 Å². The molecular weight excluding hydrogens is 414 g/mol. The fourth-order valence-corrected chi connectivity index (χ4v) is 3.71. The molecule has 0 radical (unpaired) electrons. The topological polar surface area (TPSA) is 152 Å². The zero-order chi connectivity index (χ0) is 23.3. The molecule has 1 aromatic heterocycles. The number of carbonyl (C=O) groups excluding carboxylic acids is 3. The van der Waals surface area contributed by atoms with E-state index in [9.17, 15) is 24.3 Å². The molecule has 2 heterocycles. The number of carboxylic acids is 1. The van der Waals surface area contributed by atoms with E-state index in [1.54, 1.807) is 6.20 Å². The second-order valence-electron chi connectivity index (χ2n) is 8.07. The minimum Gasteiger partial charge on any atom is -0.480 e. The lowest BCUT2D eigenvalue weighted by Crippen LogP contribution is -2.55. The Bertz CT molecular complexity index is 998. The van der Waals surface area contributed by atoms with Crippen molar-refractivity contribution in [2.45, 2.75) is 57.3 Å². The van der Waals surface area contributed by atoms with Crippen molar-refractivity contribution >= 4 is 34.6 Å². The fourth-order valence-electron chi connectivity index (χ4n) is 3.71. The second-order valence-corrected chi connectivity index (χ2v) is 8.07. The number of hydrogen-bond acceptors (Lipinski definition) is 5. The first-order chi connectivity index (χ1) is 15.3. The SMILES string of the molecule is CC(NC(=O)C(C)NC(=O)C1CCCN1)C(=O)NC(Cc1c[nH]c2ccccc12)C(=O)O. The van der Waals surface area contributed by atoms with Gasteiger partial charge in [-0.2, -0.15) is 0 Å². The van der Waals surface area contributed by atoms with E-state index < -0.39 is 35.9 Å². The van der Waals surface area contributed by atoms with Crippen LogP contribution in [-0.2, 0) is 25.6 Å². The van der Waals surface area contributed by atoms with Crippen molar-refractivity contribution in [1.29, 1.82) is 0 Å². The first kappa shape index (κ1) is 23.3. The Kier molecular flexibility index (Phi) is 7.47. The summed E-state index contributed by atoms with van der Waals surface area (Å²) in [5, 5.41) is 21.2. The minimum atomic E-state index is -1.17. The number of rotatable bonds is 9. The molecule has 4 unspecified atom stereocenters. The van der Waals surface area contributed by atoms with Gasteiger partial charge in [0.25, 0.3) is 0 Å². The molecule has 4 atom stereocenters. The van der Waals surface area contributed by atoms with Crippen molar-refractivity contribution in [1.82, 2.24) is 26.3 Å². The number of H-pyrrole nitrogens is 1. The van der Waals surface area contributed by atoms with Crippen molar-refractivity contribution in [2.24, 2.45) is 0 Å². The second kappa shape index (κ2) is 10.3. The van der Waals surface area contributed by atoms with Gasteiger partial charge in [0.2, 0.25) is 17.7 Å². The number of hydrogen-bond donors (Lipinski definition) is 6. The van der Waals surface area contributed by atoms with Crippen molar-refractivity contribution in [3.63, 3.8) is 0 Å². The molecule has 1 fully saturated rings. The number of aliphatic carboxylic acids is 1. The van der Waals surface area contributed by atoms with Gasteiger partial charge in [-0.05, 0) is 44.9 Å². The molecule has 0 spiro atoms. The fraction of sp³-hybridized carbons (Fsp3) is 0.455. The van der Waals surface area contributed by atoms with E-state index in [2.05, 4.69) is 26.3 Å². The number of aromatic nitrogens is 1. The van der Waals surface area contributed by atoms with Gasteiger partial charge in [-0.15, -0.1) is 0 Å². The zero-order valence-electron chi connectivity index (χ0n) is 18.1. The minimum absolute atomic E-state index is 0.0899. The van der Waals surface area contributed by atoms with Gasteiger partial charge in [0, 0.05) is 23.5 Å². The van der Waals surface area contributed by atoms with E-state index in [-0.39, 0.29) is 18.4 Å². The van der Waals surface area contributed by atoms with E-state index in [1.165, 1.54) is 13.8 Å². The van der Waals surface area contributed by atoms with Gasteiger partial charge in [-0.1, -0.05) is 18.2 Å². The predicted octanol–water partition coefficient (Wildman–Crippen LogP) is 0.0412. The molecule has 1 aromatic carbocycles. The lowest BCUT2D eigenvalue weighted by Gasteiger charge is -2.21. The molecule has 172 valence electrons. The van der Waals surface area contributed by atoms with Crippen LogP contribution in [0.3, 0.4) is 0 Å². The highest BCUT2D eigenvalue weighted by molar-refractivity contribution is 5.94. The number of nitrogens with one attached hydrogen (secondary N) is 5. The molecule has 10 nitrogen and oxygen atoms in total. The summed E-state index contributed by atoms with van der Waals surface area (Å²) < 4.78 is 0. The van der Waals surface area contributed by atoms with Crippen LogP contribution in [0.5, 0.6) is 0 Å². The Balaban J connectivity index is 1.54. The average molecular weight is 444 g/mol. The quantitative estimate of drug-likeness (QED) is 0.322. The number of aromatic amines is 1. The Hall–Kier alpha value is -3.40. The number of carboxylic acid groups (broad SMARTS) is 1. The third kappa shape index (κ3) is 5.64. The van der Waals surface area contributed by atoms with Crippen molar-refractivity contribution in [2.75, 3.05) is 6.54 Å². The third-order valence-corrected chi connectivity index (χ3v) is 5.59. The van der Waals surface area contributed by atoms with E-state index in [0.29, 0.717) is 6.42 Å². The molecule has 10 heteroatoms. The first-order valence-electron chi connectivity index (χ1n) is 10.7. The molecule has 2 aromatic rings. The molecule has 6 N–H and O–H groups in total. The largest absolute Gasteiger partial charge is 0.480 e. The van der Waals surface area contributed by atoms with Crippen LogP contribution < -0.4 is 21.3 Å². The molecule has 32 heavy (non-hydrogen) atoms. The molecular formula is C22H29N5O5. The Morgan fingerprint density at radius 1 is 1.06 bits per heavy atom. The lowest BCUT2D eigenvalue weighted by molar-refractivity contribution is -0.142. The monoisotopic (exact) mass is 443 g/mol. The van der Waals surface area contributed by atoms with Crippen LogP contribution in [0.1, 0.15) is 32.3 Å². The maximum absolute atomic E-state index is 12.5. The molecule has 1 aliphatic heterocycles. The summed E-state index contributed by atoms with van der Waals surface area (Å²) in [6.07, 6.45) is 3.43. The van der Waals surface area contributed by atoms with Gasteiger partial charge in [0.05, 0.1) is 6.04 Å². The van der Waals surface area contributed by atoms with E-state index >= 15 is 0 Å². The van der Waals surface area contributed by atoms with Crippen molar-refractivity contribution in [3.05, 3.63) is 36.0 Å². The highest BCUT2D eigenvalue weighted by atomic mass is 16.4. The van der Waals surface area contributed by atoms with Gasteiger partial charge < -0.3 is 31.4 Å². The van der Waals surface area contributed by atoms with Crippen LogP contribution in [0.4, 0.5) is 0 Å². The number of amides is 3. The summed E-state index contributed by atoms with van der Waals surface area (Å²) in [6.45, 7) is 3.76. The van der Waals surface area contributed by atoms with Crippen molar-refractivity contribution in [3.8, 4) is 0 Å². The third-order valence-electron chi connectivity index (χ3n) is 5.59. The van der Waals surface area contributed by atoms with Crippen LogP contribution >= 0.6 is 0 Å². The summed E-state index contributed by atoms with van der Waals surface area (Å²) >= 11 is 0. The molecule has 3 amide bonds. The van der Waals surface area contributed by atoms with Gasteiger partial charge in [-0.25, -0.2) is 4.79 Å². The van der Waals surface area contributed by atoms with Crippen LogP contribution in [-0.4, -0.2) is 64.5 Å². The summed E-state index contributed by atoms with van der Waals surface area (Å²) in [4.78, 5) is 51.9. The van der Waals surface area contributed by atoms with Crippen molar-refractivity contribution < 1.29 is 24.3 Å². The maximum Gasteiger partial charge on any atom is 0.326 e. The van der Waals surface area contributed by atoms with Gasteiger partial charge in [-0.3, -0.25) is 14.4 Å². The lowest BCUT2D eigenvalue weighted by atomic mass is 10.0. The highest BCUT2D eigenvalue weighted by Gasteiger charge is 2.28. The maximum atomic E-state index is 12.5. The summed E-state index contributed by atoms with van der Waals surface area (Å²) in [6, 6.07) is 4.21. The van der Waals surface area contributed by atoms with Crippen LogP contribution in [0, 0.1) is 0 Å². The number of carbonyl (C=O) groups is 4. The average Bonchev–Trinajstić information content (AvgIpc) is 3.43. The number of benzene rings is 1. The first-order valence-corrected chi connectivity index (χ1v) is 10.7. The molecule has 1 aliphatic rings. The molecule has 0 bridgehead atoms. The molecule has 0 saturated carbocycles. The smallest absolute Gasteiger partial charge is 0.326 e. The summed E-state index contributed by atoms with van der Waals surface area (Å²) in [7, 11) is 0. The van der Waals surface area contributed by atoms with E-state index in [0.717, 1.165) is 29.4 Å². The molecule has 3 rings (SSSR count). The Morgan fingerprint density at radius 2 is 1.75 bits per heavy atom. The van der Waals surface area contributed by atoms with Gasteiger partial charge in [0.1, 0.15) is 18.1 Å². The van der Waals surface area contributed by atoms with E-state index in [1.807, 2.05) is 24.3 Å². The van der Waals surface area contributed by atoms with Gasteiger partial charge in [0.15, 0.2) is 0 Å². The van der Waals surface area contributed by atoms with Crippen LogP contribution in [0.25, 0.3) is 10.9 Å². The summed E-state index contributed by atoms with van der Waals surface area (Å²) in [5.41, 5.74) is 1.64. The van der Waals surface area contributed by atoms with Gasteiger partial charge >= 0.3 is 5.97 Å². The molecule has 1 saturated heterocycles. The zero-order valence-corrected chi connectivity index (χ0v) is 18.1. The standard InChI is InChI=1S/C22H29N5O5/c1-12(26-21(30)17-8-5-9-23-17)19(28)25-13(2)20(29)27-18(22(31)32)10-14-11-24-16-7-4-3-6-15(14)16/h3-4,6-7,11-13,17-18,23-24H,5,8-10H2,1-2H3,(H,25,28)(H,26,30)(H,27,29)(H,31,32). The summed E-state index contributed by atoms with van der Waals surface area (Å²) in [5.74, 6) is -2.58. The molecule has 0 aliphatic carbocycles. The predicted molar refractivity (Wildman–Crippen MR) is 118 cm³/mol. The Morgan fingerprint density at radius 3 is 2.44 bits per heavy atom.